The summed E-state index contributed by atoms with van der Waals surface area (Å²) in [5, 5.41) is 8.53. The Morgan fingerprint density at radius 2 is 2.50 bits per heavy atom. The summed E-state index contributed by atoms with van der Waals surface area (Å²) in [4.78, 5) is 10.4. The Balaban J connectivity index is 2.50. The van der Waals surface area contributed by atoms with E-state index in [4.69, 9.17) is 15.6 Å². The minimum absolute atomic E-state index is 0.0116. The van der Waals surface area contributed by atoms with Crippen LogP contribution in [0.2, 0.25) is 0 Å². The lowest BCUT2D eigenvalue weighted by Crippen LogP contribution is -2.30. The van der Waals surface area contributed by atoms with Gasteiger partial charge in [-0.3, -0.25) is 0 Å². The maximum absolute atomic E-state index is 10.4. The molecule has 0 aromatic heterocycles. The highest BCUT2D eigenvalue weighted by Gasteiger charge is 2.32. The summed E-state index contributed by atoms with van der Waals surface area (Å²) in [5.74, 6) is -0.884. The fraction of sp³-hybridized carbons (Fsp3) is 0.833. The fourth-order valence-electron chi connectivity index (χ4n) is 1.15. The summed E-state index contributed by atoms with van der Waals surface area (Å²) in [6, 6.07) is 0. The minimum Gasteiger partial charge on any atom is -0.479 e. The molecule has 0 spiro atoms. The normalized spacial score (nSPS) is 32.5. The number of hydrogen-bond acceptors (Lipinski definition) is 3. The number of carboxylic acids is 1. The van der Waals surface area contributed by atoms with Gasteiger partial charge in [0.25, 0.3) is 0 Å². The van der Waals surface area contributed by atoms with Gasteiger partial charge in [-0.15, -0.1) is 0 Å². The van der Waals surface area contributed by atoms with Crippen LogP contribution in [-0.4, -0.2) is 30.3 Å². The first-order valence-electron chi connectivity index (χ1n) is 3.30. The molecule has 0 amide bonds. The van der Waals surface area contributed by atoms with Gasteiger partial charge in [-0.25, -0.2) is 4.79 Å². The molecule has 1 saturated heterocycles. The molecule has 1 heterocycles. The Morgan fingerprint density at radius 1 is 1.80 bits per heavy atom. The smallest absolute Gasteiger partial charge is 0.333 e. The van der Waals surface area contributed by atoms with Gasteiger partial charge in [0.15, 0.2) is 6.10 Å². The van der Waals surface area contributed by atoms with Crippen LogP contribution >= 0.6 is 0 Å². The lowest BCUT2D eigenvalue weighted by Gasteiger charge is -2.10. The van der Waals surface area contributed by atoms with E-state index in [9.17, 15) is 4.79 Å². The van der Waals surface area contributed by atoms with Crippen molar-refractivity contribution in [2.45, 2.75) is 12.5 Å². The average Bonchev–Trinajstić information content (AvgIpc) is 2.33. The molecule has 58 valence electrons. The van der Waals surface area contributed by atoms with Crippen molar-refractivity contribution < 1.29 is 14.6 Å². The second kappa shape index (κ2) is 2.98. The number of hydrogen-bond donors (Lipinski definition) is 2. The summed E-state index contributed by atoms with van der Waals surface area (Å²) in [5.41, 5.74) is 5.32. The van der Waals surface area contributed by atoms with Gasteiger partial charge in [-0.1, -0.05) is 0 Å². The van der Waals surface area contributed by atoms with Gasteiger partial charge in [-0.2, -0.15) is 0 Å². The summed E-state index contributed by atoms with van der Waals surface area (Å²) in [6.45, 7) is 0.926. The molecular weight excluding hydrogens is 134 g/mol. The predicted octanol–water partition coefficient (Wildman–Crippen LogP) is -0.565. The highest BCUT2D eigenvalue weighted by atomic mass is 16.5. The van der Waals surface area contributed by atoms with E-state index >= 15 is 0 Å². The van der Waals surface area contributed by atoms with Gasteiger partial charge in [0.2, 0.25) is 0 Å². The van der Waals surface area contributed by atoms with E-state index in [1.54, 1.807) is 0 Å². The summed E-state index contributed by atoms with van der Waals surface area (Å²) >= 11 is 0. The molecule has 3 N–H and O–H groups in total. The molecule has 0 bridgehead atoms. The van der Waals surface area contributed by atoms with Gasteiger partial charge >= 0.3 is 5.97 Å². The molecule has 0 aromatic carbocycles. The van der Waals surface area contributed by atoms with Crippen molar-refractivity contribution >= 4 is 5.97 Å². The van der Waals surface area contributed by atoms with Crippen molar-refractivity contribution in [1.29, 1.82) is 0 Å². The Morgan fingerprint density at radius 3 is 2.90 bits per heavy atom. The van der Waals surface area contributed by atoms with E-state index in [-0.39, 0.29) is 5.92 Å². The number of aliphatic carboxylic acids is 1. The maximum atomic E-state index is 10.4. The van der Waals surface area contributed by atoms with Crippen molar-refractivity contribution in [3.8, 4) is 0 Å². The Labute approximate surface area is 59.0 Å². The molecule has 2 atom stereocenters. The third-order valence-electron chi connectivity index (χ3n) is 1.76. The number of ether oxygens (including phenoxy) is 1. The Kier molecular flexibility index (Phi) is 2.24. The molecule has 1 aliphatic rings. The molecule has 0 aromatic rings. The summed E-state index contributed by atoms with van der Waals surface area (Å²) in [7, 11) is 0. The number of carbonyl (C=O) groups is 1. The molecule has 4 nitrogen and oxygen atoms in total. The van der Waals surface area contributed by atoms with Crippen LogP contribution in [0, 0.1) is 5.92 Å². The number of carboxylic acid groups (broad SMARTS) is 1. The summed E-state index contributed by atoms with van der Waals surface area (Å²) in [6.07, 6.45) is 0.109. The van der Waals surface area contributed by atoms with Crippen LogP contribution in [0.4, 0.5) is 0 Å². The molecule has 4 heteroatoms. The van der Waals surface area contributed by atoms with E-state index in [0.29, 0.717) is 13.2 Å². The number of nitrogens with two attached hydrogens (primary N) is 1. The largest absolute Gasteiger partial charge is 0.479 e. The second-order valence-corrected chi connectivity index (χ2v) is 2.41. The van der Waals surface area contributed by atoms with Gasteiger partial charge < -0.3 is 15.6 Å². The maximum Gasteiger partial charge on any atom is 0.333 e. The van der Waals surface area contributed by atoms with Gasteiger partial charge in [0, 0.05) is 12.5 Å². The third kappa shape index (κ3) is 1.27. The lowest BCUT2D eigenvalue weighted by molar-refractivity contribution is -0.149. The molecule has 1 rings (SSSR count). The molecule has 0 aliphatic carbocycles. The molecule has 10 heavy (non-hydrogen) atoms. The third-order valence-corrected chi connectivity index (χ3v) is 1.76. The monoisotopic (exact) mass is 145 g/mol. The van der Waals surface area contributed by atoms with E-state index in [0.717, 1.165) is 6.42 Å². The van der Waals surface area contributed by atoms with Crippen LogP contribution in [0.5, 0.6) is 0 Å². The fourth-order valence-corrected chi connectivity index (χ4v) is 1.15. The van der Waals surface area contributed by atoms with Gasteiger partial charge in [0.05, 0.1) is 0 Å². The molecule has 0 radical (unpaired) electrons. The van der Waals surface area contributed by atoms with Gasteiger partial charge in [0.1, 0.15) is 0 Å². The highest BCUT2D eigenvalue weighted by molar-refractivity contribution is 5.73. The van der Waals surface area contributed by atoms with Crippen LogP contribution in [0.3, 0.4) is 0 Å². The first kappa shape index (κ1) is 7.50. The molecular formula is C6H11NO3. The van der Waals surface area contributed by atoms with Crippen molar-refractivity contribution in [2.24, 2.45) is 11.7 Å². The minimum atomic E-state index is -0.895. The molecule has 2 unspecified atom stereocenters. The highest BCUT2D eigenvalue weighted by Crippen LogP contribution is 2.19. The standard InChI is InChI=1S/C6H11NO3/c7-3-4-1-2-10-5(4)6(8)9/h4-5H,1-3,7H2,(H,8,9). The van der Waals surface area contributed by atoms with Crippen molar-refractivity contribution in [1.82, 2.24) is 0 Å². The summed E-state index contributed by atoms with van der Waals surface area (Å²) < 4.78 is 4.94. The van der Waals surface area contributed by atoms with Crippen molar-refractivity contribution in [3.05, 3.63) is 0 Å². The Bertz CT molecular complexity index is 137. The van der Waals surface area contributed by atoms with Crippen LogP contribution < -0.4 is 5.73 Å². The first-order valence-corrected chi connectivity index (χ1v) is 3.30. The van der Waals surface area contributed by atoms with Crippen LogP contribution in [0.15, 0.2) is 0 Å². The van der Waals surface area contributed by atoms with Gasteiger partial charge in [-0.05, 0) is 13.0 Å². The van der Waals surface area contributed by atoms with Crippen LogP contribution in [0.1, 0.15) is 6.42 Å². The van der Waals surface area contributed by atoms with E-state index in [1.807, 2.05) is 0 Å². The Hall–Kier alpha value is -0.610. The SMILES string of the molecule is NCC1CCOC1C(=O)O. The lowest BCUT2D eigenvalue weighted by atomic mass is 10.0. The van der Waals surface area contributed by atoms with Crippen molar-refractivity contribution in [2.75, 3.05) is 13.2 Å². The van der Waals surface area contributed by atoms with Crippen LogP contribution in [-0.2, 0) is 9.53 Å². The predicted molar refractivity (Wildman–Crippen MR) is 34.5 cm³/mol. The zero-order valence-corrected chi connectivity index (χ0v) is 5.62. The van der Waals surface area contributed by atoms with Crippen LogP contribution in [0.25, 0.3) is 0 Å². The molecule has 1 aliphatic heterocycles. The van der Waals surface area contributed by atoms with Crippen molar-refractivity contribution in [3.63, 3.8) is 0 Å². The molecule has 1 fully saturated rings. The number of rotatable bonds is 2. The van der Waals surface area contributed by atoms with E-state index < -0.39 is 12.1 Å². The average molecular weight is 145 g/mol. The second-order valence-electron chi connectivity index (χ2n) is 2.41. The zero-order valence-electron chi connectivity index (χ0n) is 5.62. The zero-order chi connectivity index (χ0) is 7.56. The van der Waals surface area contributed by atoms with E-state index in [1.165, 1.54) is 0 Å². The topological polar surface area (TPSA) is 72.5 Å². The first-order chi connectivity index (χ1) is 4.75. The quantitative estimate of drug-likeness (QED) is 0.546. The van der Waals surface area contributed by atoms with E-state index in [2.05, 4.69) is 0 Å². The molecule has 0 saturated carbocycles.